The quantitative estimate of drug-likeness (QED) is 0.836. The summed E-state index contributed by atoms with van der Waals surface area (Å²) in [5, 5.41) is 3.44. The molecule has 0 aliphatic heterocycles. The highest BCUT2D eigenvalue weighted by Gasteiger charge is 2.19. The molecule has 1 N–H and O–H groups in total. The Hall–Kier alpha value is -0.320. The molecule has 2 atom stereocenters. The van der Waals surface area contributed by atoms with Crippen LogP contribution < -0.4 is 5.32 Å². The monoisotopic (exact) mass is 289 g/mol. The first-order chi connectivity index (χ1) is 7.69. The van der Waals surface area contributed by atoms with E-state index < -0.39 is 0 Å². The van der Waals surface area contributed by atoms with Crippen LogP contribution in [0, 0.1) is 5.92 Å². The van der Waals surface area contributed by atoms with Crippen LogP contribution in [0.1, 0.15) is 32.1 Å². The maximum atomic E-state index is 5.51. The van der Waals surface area contributed by atoms with Gasteiger partial charge >= 0.3 is 0 Å². The van der Waals surface area contributed by atoms with Crippen molar-refractivity contribution in [3.05, 3.63) is 22.6 Å². The molecule has 0 radical (unpaired) electrons. The van der Waals surface area contributed by atoms with Crippen LogP contribution in [0.2, 0.25) is 0 Å². The van der Waals surface area contributed by atoms with Crippen LogP contribution in [0.3, 0.4) is 0 Å². The molecule has 3 nitrogen and oxygen atoms in total. The van der Waals surface area contributed by atoms with E-state index in [-0.39, 0.29) is 6.04 Å². The van der Waals surface area contributed by atoms with Crippen molar-refractivity contribution in [2.24, 2.45) is 5.92 Å². The zero-order chi connectivity index (χ0) is 12.0. The molecule has 92 valence electrons. The van der Waals surface area contributed by atoms with Gasteiger partial charge in [-0.3, -0.25) is 0 Å². The lowest BCUT2D eigenvalue weighted by Crippen LogP contribution is -2.24. The average molecular weight is 290 g/mol. The maximum Gasteiger partial charge on any atom is 0.134 e. The summed E-state index contributed by atoms with van der Waals surface area (Å²) in [7, 11) is 1.74. The Bertz CT molecular complexity index is 301. The van der Waals surface area contributed by atoms with Gasteiger partial charge in [-0.15, -0.1) is 0 Å². The number of ether oxygens (including phenoxy) is 1. The smallest absolute Gasteiger partial charge is 0.134 e. The molecule has 1 rings (SSSR count). The fraction of sp³-hybridized carbons (Fsp3) is 0.667. The van der Waals surface area contributed by atoms with Gasteiger partial charge in [0.1, 0.15) is 5.76 Å². The highest BCUT2D eigenvalue weighted by Crippen LogP contribution is 2.28. The molecule has 0 amide bonds. The minimum atomic E-state index is 0.250. The predicted molar refractivity (Wildman–Crippen MR) is 68.5 cm³/mol. The first-order valence-corrected chi connectivity index (χ1v) is 6.43. The summed E-state index contributed by atoms with van der Waals surface area (Å²) < 4.78 is 11.7. The van der Waals surface area contributed by atoms with Gasteiger partial charge in [0.25, 0.3) is 0 Å². The van der Waals surface area contributed by atoms with Gasteiger partial charge in [-0.2, -0.15) is 0 Å². The van der Waals surface area contributed by atoms with Gasteiger partial charge in [0.15, 0.2) is 0 Å². The lowest BCUT2D eigenvalue weighted by Gasteiger charge is -2.20. The normalized spacial score (nSPS) is 15.0. The molecule has 0 bridgehead atoms. The van der Waals surface area contributed by atoms with Crippen molar-refractivity contribution in [2.45, 2.75) is 26.3 Å². The van der Waals surface area contributed by atoms with Gasteiger partial charge in [0, 0.05) is 13.7 Å². The van der Waals surface area contributed by atoms with Crippen LogP contribution in [0.15, 0.2) is 21.2 Å². The molecule has 0 aliphatic rings. The van der Waals surface area contributed by atoms with E-state index in [0.29, 0.717) is 5.92 Å². The van der Waals surface area contributed by atoms with E-state index in [0.717, 1.165) is 29.8 Å². The molecule has 1 aromatic heterocycles. The molecule has 4 heteroatoms. The summed E-state index contributed by atoms with van der Waals surface area (Å²) in [6.07, 6.45) is 2.72. The van der Waals surface area contributed by atoms with Crippen LogP contribution >= 0.6 is 15.9 Å². The van der Waals surface area contributed by atoms with Gasteiger partial charge in [-0.05, 0) is 40.9 Å². The minimum absolute atomic E-state index is 0.250. The van der Waals surface area contributed by atoms with Crippen molar-refractivity contribution in [3.63, 3.8) is 0 Å². The van der Waals surface area contributed by atoms with Crippen molar-refractivity contribution in [3.8, 4) is 0 Å². The van der Waals surface area contributed by atoms with Gasteiger partial charge < -0.3 is 14.5 Å². The molecular formula is C12H20BrNO2. The van der Waals surface area contributed by atoms with Crippen LogP contribution in [0.4, 0.5) is 0 Å². The minimum Gasteiger partial charge on any atom is -0.466 e. The molecule has 1 aromatic rings. The second kappa shape index (κ2) is 7.09. The summed E-state index contributed by atoms with van der Waals surface area (Å²) in [5.41, 5.74) is 0. The third-order valence-corrected chi connectivity index (χ3v) is 3.16. The number of hydrogen-bond donors (Lipinski definition) is 1. The van der Waals surface area contributed by atoms with E-state index in [9.17, 15) is 0 Å². The van der Waals surface area contributed by atoms with Gasteiger partial charge in [-0.25, -0.2) is 0 Å². The van der Waals surface area contributed by atoms with Gasteiger partial charge in [-0.1, -0.05) is 13.8 Å². The molecule has 0 aliphatic carbocycles. The van der Waals surface area contributed by atoms with Crippen molar-refractivity contribution in [2.75, 3.05) is 20.3 Å². The topological polar surface area (TPSA) is 34.4 Å². The van der Waals surface area contributed by atoms with Crippen molar-refractivity contribution in [1.82, 2.24) is 5.32 Å². The summed E-state index contributed by atoms with van der Waals surface area (Å²) in [6, 6.07) is 2.18. The van der Waals surface area contributed by atoms with Crippen LogP contribution in [0.5, 0.6) is 0 Å². The molecule has 0 spiro atoms. The first kappa shape index (κ1) is 13.7. The van der Waals surface area contributed by atoms with Crippen LogP contribution in [-0.4, -0.2) is 20.3 Å². The third-order valence-electron chi connectivity index (χ3n) is 2.50. The van der Waals surface area contributed by atoms with E-state index in [2.05, 4.69) is 35.1 Å². The Balaban J connectivity index is 2.64. The van der Waals surface area contributed by atoms with E-state index in [1.165, 1.54) is 0 Å². The van der Waals surface area contributed by atoms with Crippen molar-refractivity contribution in [1.29, 1.82) is 0 Å². The SMILES string of the molecule is CCNC(CC(C)COC)c1occc1Br. The molecule has 0 fully saturated rings. The summed E-state index contributed by atoms with van der Waals surface area (Å²) in [6.45, 7) is 5.99. The zero-order valence-electron chi connectivity index (χ0n) is 10.1. The Morgan fingerprint density at radius 1 is 1.56 bits per heavy atom. The Morgan fingerprint density at radius 2 is 2.31 bits per heavy atom. The largest absolute Gasteiger partial charge is 0.466 e. The van der Waals surface area contributed by atoms with Crippen LogP contribution in [0.25, 0.3) is 0 Å². The Labute approximate surface area is 106 Å². The number of halogens is 1. The lowest BCUT2D eigenvalue weighted by molar-refractivity contribution is 0.147. The zero-order valence-corrected chi connectivity index (χ0v) is 11.7. The van der Waals surface area contributed by atoms with E-state index in [4.69, 9.17) is 9.15 Å². The molecule has 2 unspecified atom stereocenters. The van der Waals surface area contributed by atoms with Gasteiger partial charge in [0.05, 0.1) is 16.8 Å². The van der Waals surface area contributed by atoms with Crippen LogP contribution in [-0.2, 0) is 4.74 Å². The van der Waals surface area contributed by atoms with Crippen molar-refractivity contribution >= 4 is 15.9 Å². The molecule has 1 heterocycles. The third kappa shape index (κ3) is 3.92. The molecular weight excluding hydrogens is 270 g/mol. The molecule has 0 saturated carbocycles. The Kier molecular flexibility index (Phi) is 6.09. The predicted octanol–water partition coefficient (Wildman–Crippen LogP) is 3.37. The van der Waals surface area contributed by atoms with E-state index in [1.54, 1.807) is 13.4 Å². The van der Waals surface area contributed by atoms with E-state index in [1.807, 2.05) is 6.07 Å². The first-order valence-electron chi connectivity index (χ1n) is 5.64. The van der Waals surface area contributed by atoms with Gasteiger partial charge in [0.2, 0.25) is 0 Å². The standard InChI is InChI=1S/C12H20BrNO2/c1-4-14-11(7-9(2)8-15-3)12-10(13)5-6-16-12/h5-6,9,11,14H,4,7-8H2,1-3H3. The second-order valence-corrected chi connectivity index (χ2v) is 4.89. The highest BCUT2D eigenvalue weighted by molar-refractivity contribution is 9.10. The number of hydrogen-bond acceptors (Lipinski definition) is 3. The molecule has 16 heavy (non-hydrogen) atoms. The number of furan rings is 1. The second-order valence-electron chi connectivity index (χ2n) is 4.04. The summed E-state index contributed by atoms with van der Waals surface area (Å²) in [5.74, 6) is 1.48. The fourth-order valence-corrected chi connectivity index (χ4v) is 2.32. The molecule has 0 aromatic carbocycles. The molecule has 0 saturated heterocycles. The number of rotatable bonds is 7. The summed E-state index contributed by atoms with van der Waals surface area (Å²) in [4.78, 5) is 0. The van der Waals surface area contributed by atoms with Crippen molar-refractivity contribution < 1.29 is 9.15 Å². The lowest BCUT2D eigenvalue weighted by atomic mass is 10.0. The number of nitrogens with one attached hydrogen (secondary N) is 1. The average Bonchev–Trinajstić information content (AvgIpc) is 2.64. The number of methoxy groups -OCH3 is 1. The van der Waals surface area contributed by atoms with E-state index >= 15 is 0 Å². The maximum absolute atomic E-state index is 5.51. The summed E-state index contributed by atoms with van der Waals surface area (Å²) >= 11 is 3.50. The fourth-order valence-electron chi connectivity index (χ4n) is 1.84. The highest BCUT2D eigenvalue weighted by atomic mass is 79.9. The Morgan fingerprint density at radius 3 is 2.81 bits per heavy atom.